The molecular weight excluding hydrogens is 285 g/mol. The summed E-state index contributed by atoms with van der Waals surface area (Å²) in [6, 6.07) is 6.95. The van der Waals surface area contributed by atoms with E-state index in [1.807, 2.05) is 19.2 Å². The molecule has 1 aromatic carbocycles. The van der Waals surface area contributed by atoms with Crippen LogP contribution in [0, 0.1) is 5.82 Å². The zero-order valence-corrected chi connectivity index (χ0v) is 11.0. The number of rotatable bonds is 4. The molecule has 0 spiro atoms. The summed E-state index contributed by atoms with van der Waals surface area (Å²) >= 11 is 3.25. The molecule has 1 aromatic heterocycles. The Hall–Kier alpha value is -1.13. The first-order valence-corrected chi connectivity index (χ1v) is 6.13. The van der Waals surface area contributed by atoms with Gasteiger partial charge in [0, 0.05) is 16.1 Å². The molecule has 1 atom stereocenters. The summed E-state index contributed by atoms with van der Waals surface area (Å²) in [6.45, 7) is 0. The van der Waals surface area contributed by atoms with Crippen LogP contribution in [0.4, 0.5) is 4.39 Å². The Bertz CT molecular complexity index is 484. The van der Waals surface area contributed by atoms with Gasteiger partial charge < -0.3 is 9.73 Å². The molecule has 90 valence electrons. The largest absolute Gasteiger partial charge is 0.472 e. The maximum atomic E-state index is 13.8. The minimum Gasteiger partial charge on any atom is -0.472 e. The summed E-state index contributed by atoms with van der Waals surface area (Å²) in [5, 5.41) is 3.12. The van der Waals surface area contributed by atoms with E-state index in [1.54, 1.807) is 18.6 Å². The van der Waals surface area contributed by atoms with Gasteiger partial charge in [0.2, 0.25) is 0 Å². The van der Waals surface area contributed by atoms with Crippen LogP contribution in [-0.4, -0.2) is 7.05 Å². The highest BCUT2D eigenvalue weighted by Gasteiger charge is 2.15. The first-order chi connectivity index (χ1) is 8.20. The molecule has 0 bridgehead atoms. The predicted molar refractivity (Wildman–Crippen MR) is 68.3 cm³/mol. The van der Waals surface area contributed by atoms with Gasteiger partial charge in [0.15, 0.2) is 0 Å². The van der Waals surface area contributed by atoms with Crippen molar-refractivity contribution in [1.82, 2.24) is 5.32 Å². The fourth-order valence-electron chi connectivity index (χ4n) is 1.80. The predicted octanol–water partition coefficient (Wildman–Crippen LogP) is 3.68. The van der Waals surface area contributed by atoms with Crippen molar-refractivity contribution < 1.29 is 8.81 Å². The van der Waals surface area contributed by atoms with E-state index in [-0.39, 0.29) is 11.9 Å². The van der Waals surface area contributed by atoms with Crippen LogP contribution in [0.5, 0.6) is 0 Å². The first kappa shape index (κ1) is 12.3. The maximum absolute atomic E-state index is 13.8. The quantitative estimate of drug-likeness (QED) is 0.931. The fourth-order valence-corrected chi connectivity index (χ4v) is 2.13. The second kappa shape index (κ2) is 5.47. The minimum atomic E-state index is -0.206. The molecule has 2 aromatic rings. The molecule has 1 unspecified atom stereocenters. The molecule has 0 saturated carbocycles. The Morgan fingerprint density at radius 3 is 2.82 bits per heavy atom. The van der Waals surface area contributed by atoms with E-state index in [0.29, 0.717) is 12.0 Å². The molecule has 4 heteroatoms. The van der Waals surface area contributed by atoms with Crippen molar-refractivity contribution in [1.29, 1.82) is 0 Å². The van der Waals surface area contributed by atoms with Crippen LogP contribution in [0.1, 0.15) is 17.2 Å². The number of hydrogen-bond donors (Lipinski definition) is 1. The third-order valence-corrected chi connectivity index (χ3v) is 3.20. The van der Waals surface area contributed by atoms with E-state index in [0.717, 1.165) is 10.0 Å². The zero-order valence-electron chi connectivity index (χ0n) is 9.41. The van der Waals surface area contributed by atoms with Crippen LogP contribution in [-0.2, 0) is 6.42 Å². The number of nitrogens with one attached hydrogen (secondary N) is 1. The van der Waals surface area contributed by atoms with E-state index in [9.17, 15) is 4.39 Å². The molecular formula is C13H13BrFNO. The van der Waals surface area contributed by atoms with Gasteiger partial charge in [-0.2, -0.15) is 0 Å². The third-order valence-electron chi connectivity index (χ3n) is 2.71. The Kier molecular flexibility index (Phi) is 3.97. The zero-order chi connectivity index (χ0) is 12.3. The SMILES string of the molecule is CNC(Cc1ccoc1)c1ccc(Br)cc1F. The minimum absolute atomic E-state index is 0.0549. The Labute approximate surface area is 108 Å². The van der Waals surface area contributed by atoms with Gasteiger partial charge in [-0.3, -0.25) is 0 Å². The molecule has 17 heavy (non-hydrogen) atoms. The summed E-state index contributed by atoms with van der Waals surface area (Å²) < 4.78 is 19.6. The molecule has 0 saturated heterocycles. The van der Waals surface area contributed by atoms with Gasteiger partial charge in [0.1, 0.15) is 5.82 Å². The van der Waals surface area contributed by atoms with Gasteiger partial charge in [0.25, 0.3) is 0 Å². The monoisotopic (exact) mass is 297 g/mol. The van der Waals surface area contributed by atoms with E-state index in [1.165, 1.54) is 6.07 Å². The molecule has 1 heterocycles. The molecule has 0 aliphatic rings. The molecule has 0 aliphatic heterocycles. The van der Waals surface area contributed by atoms with Gasteiger partial charge in [-0.15, -0.1) is 0 Å². The summed E-state index contributed by atoms with van der Waals surface area (Å²) in [5.74, 6) is -0.206. The number of halogens is 2. The Morgan fingerprint density at radius 2 is 2.24 bits per heavy atom. The molecule has 0 aliphatic carbocycles. The van der Waals surface area contributed by atoms with Crippen LogP contribution in [0.3, 0.4) is 0 Å². The normalized spacial score (nSPS) is 12.6. The molecule has 1 N–H and O–H groups in total. The van der Waals surface area contributed by atoms with Crippen LogP contribution >= 0.6 is 15.9 Å². The van der Waals surface area contributed by atoms with Crippen molar-refractivity contribution in [2.45, 2.75) is 12.5 Å². The number of furan rings is 1. The Morgan fingerprint density at radius 1 is 1.41 bits per heavy atom. The second-order valence-electron chi connectivity index (χ2n) is 3.84. The highest BCUT2D eigenvalue weighted by Crippen LogP contribution is 2.23. The van der Waals surface area contributed by atoms with Crippen LogP contribution in [0.15, 0.2) is 45.7 Å². The lowest BCUT2D eigenvalue weighted by molar-refractivity contribution is 0.525. The first-order valence-electron chi connectivity index (χ1n) is 5.34. The van der Waals surface area contributed by atoms with Crippen LogP contribution in [0.2, 0.25) is 0 Å². The van der Waals surface area contributed by atoms with Gasteiger partial charge in [-0.05, 0) is 37.2 Å². The average molecular weight is 298 g/mol. The number of benzene rings is 1. The van der Waals surface area contributed by atoms with Gasteiger partial charge in [-0.1, -0.05) is 22.0 Å². The van der Waals surface area contributed by atoms with E-state index in [4.69, 9.17) is 4.42 Å². The summed E-state index contributed by atoms with van der Waals surface area (Å²) in [7, 11) is 1.83. The highest BCUT2D eigenvalue weighted by molar-refractivity contribution is 9.10. The van der Waals surface area contributed by atoms with Crippen molar-refractivity contribution >= 4 is 15.9 Å². The maximum Gasteiger partial charge on any atom is 0.129 e. The molecule has 2 nitrogen and oxygen atoms in total. The summed E-state index contributed by atoms with van der Waals surface area (Å²) in [6.07, 6.45) is 4.01. The summed E-state index contributed by atoms with van der Waals surface area (Å²) in [4.78, 5) is 0. The van der Waals surface area contributed by atoms with Crippen molar-refractivity contribution in [3.63, 3.8) is 0 Å². The van der Waals surface area contributed by atoms with Crippen LogP contribution in [0.25, 0.3) is 0 Å². The standard InChI is InChI=1S/C13H13BrFNO/c1-16-13(6-9-4-5-17-8-9)11-3-2-10(14)7-12(11)15/h2-5,7-8,13,16H,6H2,1H3. The van der Waals surface area contributed by atoms with E-state index >= 15 is 0 Å². The molecule has 0 fully saturated rings. The fraction of sp³-hybridized carbons (Fsp3) is 0.231. The third kappa shape index (κ3) is 2.96. The molecule has 2 rings (SSSR count). The van der Waals surface area contributed by atoms with Gasteiger partial charge >= 0.3 is 0 Å². The summed E-state index contributed by atoms with van der Waals surface area (Å²) in [5.41, 5.74) is 1.71. The smallest absolute Gasteiger partial charge is 0.129 e. The number of likely N-dealkylation sites (N-methyl/N-ethyl adjacent to an activating group) is 1. The van der Waals surface area contributed by atoms with Crippen molar-refractivity contribution in [2.75, 3.05) is 7.05 Å². The molecule has 0 amide bonds. The number of hydrogen-bond acceptors (Lipinski definition) is 2. The second-order valence-corrected chi connectivity index (χ2v) is 4.76. The van der Waals surface area contributed by atoms with E-state index in [2.05, 4.69) is 21.2 Å². The Balaban J connectivity index is 2.23. The van der Waals surface area contributed by atoms with Gasteiger partial charge in [-0.25, -0.2) is 4.39 Å². The average Bonchev–Trinajstić information content (AvgIpc) is 2.79. The highest BCUT2D eigenvalue weighted by atomic mass is 79.9. The molecule has 0 radical (unpaired) electrons. The van der Waals surface area contributed by atoms with Crippen molar-refractivity contribution in [3.05, 3.63) is 58.2 Å². The van der Waals surface area contributed by atoms with Crippen molar-refractivity contribution in [2.24, 2.45) is 0 Å². The lowest BCUT2D eigenvalue weighted by Crippen LogP contribution is -2.19. The lowest BCUT2D eigenvalue weighted by atomic mass is 10.0. The topological polar surface area (TPSA) is 25.2 Å². The van der Waals surface area contributed by atoms with Crippen molar-refractivity contribution in [3.8, 4) is 0 Å². The van der Waals surface area contributed by atoms with Gasteiger partial charge in [0.05, 0.1) is 12.5 Å². The lowest BCUT2D eigenvalue weighted by Gasteiger charge is -2.16. The van der Waals surface area contributed by atoms with Crippen LogP contribution < -0.4 is 5.32 Å². The van der Waals surface area contributed by atoms with E-state index < -0.39 is 0 Å².